The monoisotopic (exact) mass is 302 g/mol. The van der Waals surface area contributed by atoms with E-state index in [1.165, 1.54) is 21.9 Å². The van der Waals surface area contributed by atoms with E-state index in [0.717, 1.165) is 23.4 Å². The van der Waals surface area contributed by atoms with Crippen LogP contribution < -0.4 is 4.74 Å². The van der Waals surface area contributed by atoms with Gasteiger partial charge in [0.25, 0.3) is 0 Å². The minimum absolute atomic E-state index is 0.874. The molecular formula is C20H18N2O. The van der Waals surface area contributed by atoms with E-state index >= 15 is 0 Å². The summed E-state index contributed by atoms with van der Waals surface area (Å²) in [6.07, 6.45) is 2.94. The van der Waals surface area contributed by atoms with Crippen LogP contribution in [0.4, 0.5) is 0 Å². The second-order valence-electron chi connectivity index (χ2n) is 5.63. The molecule has 0 radical (unpaired) electrons. The van der Waals surface area contributed by atoms with Crippen LogP contribution in [0, 0.1) is 0 Å². The first-order valence-corrected chi connectivity index (χ1v) is 7.84. The van der Waals surface area contributed by atoms with E-state index in [-0.39, 0.29) is 0 Å². The zero-order chi connectivity index (χ0) is 15.8. The third kappa shape index (κ3) is 2.16. The number of nitrogens with zero attached hydrogens (tertiary/aromatic N) is 2. The highest BCUT2D eigenvalue weighted by atomic mass is 16.5. The van der Waals surface area contributed by atoms with Gasteiger partial charge in [-0.2, -0.15) is 5.10 Å². The fourth-order valence-electron chi connectivity index (χ4n) is 3.14. The second-order valence-corrected chi connectivity index (χ2v) is 5.63. The molecule has 0 atom stereocenters. The fraction of sp³-hybridized carbons (Fsp3) is 0.150. The molecule has 4 rings (SSSR count). The molecule has 114 valence electrons. The Morgan fingerprint density at radius 1 is 1.04 bits per heavy atom. The first kappa shape index (κ1) is 13.8. The summed E-state index contributed by atoms with van der Waals surface area (Å²) in [5.74, 6) is 0.874. The molecule has 4 aromatic rings. The van der Waals surface area contributed by atoms with Crippen LogP contribution in [0.25, 0.3) is 27.5 Å². The van der Waals surface area contributed by atoms with Gasteiger partial charge < -0.3 is 4.74 Å². The molecule has 0 aliphatic carbocycles. The van der Waals surface area contributed by atoms with E-state index in [1.807, 2.05) is 18.3 Å². The number of hydrogen-bond donors (Lipinski definition) is 0. The Balaban J connectivity index is 2.14. The highest BCUT2D eigenvalue weighted by molar-refractivity contribution is 6.00. The van der Waals surface area contributed by atoms with Crippen molar-refractivity contribution in [2.75, 3.05) is 7.11 Å². The first-order valence-electron chi connectivity index (χ1n) is 7.84. The van der Waals surface area contributed by atoms with Gasteiger partial charge in [0.15, 0.2) is 0 Å². The Hall–Kier alpha value is -2.81. The number of ether oxygens (including phenoxy) is 1. The van der Waals surface area contributed by atoms with Crippen LogP contribution in [0.1, 0.15) is 12.5 Å². The number of rotatable bonds is 3. The van der Waals surface area contributed by atoms with E-state index in [4.69, 9.17) is 4.74 Å². The summed E-state index contributed by atoms with van der Waals surface area (Å²) in [5.41, 5.74) is 4.71. The van der Waals surface area contributed by atoms with Crippen LogP contribution in [0.3, 0.4) is 0 Å². The molecule has 0 saturated carbocycles. The lowest BCUT2D eigenvalue weighted by Gasteiger charge is -2.11. The maximum absolute atomic E-state index is 5.40. The highest BCUT2D eigenvalue weighted by Gasteiger charge is 2.13. The molecule has 0 bridgehead atoms. The van der Waals surface area contributed by atoms with Gasteiger partial charge in [0.05, 0.1) is 24.5 Å². The van der Waals surface area contributed by atoms with Gasteiger partial charge in [-0.25, -0.2) is 4.52 Å². The van der Waals surface area contributed by atoms with Gasteiger partial charge in [-0.15, -0.1) is 0 Å². The molecule has 0 amide bonds. The Morgan fingerprint density at radius 2 is 1.87 bits per heavy atom. The maximum Gasteiger partial charge on any atom is 0.119 e. The van der Waals surface area contributed by atoms with Crippen molar-refractivity contribution < 1.29 is 4.74 Å². The normalized spacial score (nSPS) is 11.2. The van der Waals surface area contributed by atoms with Gasteiger partial charge in [-0.3, -0.25) is 0 Å². The summed E-state index contributed by atoms with van der Waals surface area (Å²) >= 11 is 0. The zero-order valence-electron chi connectivity index (χ0n) is 13.3. The molecule has 0 aliphatic heterocycles. The van der Waals surface area contributed by atoms with Gasteiger partial charge in [-0.05, 0) is 41.6 Å². The average Bonchev–Trinajstić information content (AvgIpc) is 3.05. The number of fused-ring (bicyclic) bond motifs is 3. The number of pyridine rings is 1. The van der Waals surface area contributed by atoms with Crippen LogP contribution in [-0.2, 0) is 6.42 Å². The lowest BCUT2D eigenvalue weighted by Crippen LogP contribution is -1.96. The maximum atomic E-state index is 5.40. The number of hydrogen-bond acceptors (Lipinski definition) is 2. The molecule has 0 unspecified atom stereocenters. The summed E-state index contributed by atoms with van der Waals surface area (Å²) in [4.78, 5) is 0. The lowest BCUT2D eigenvalue weighted by atomic mass is 10.0. The molecule has 0 saturated heterocycles. The van der Waals surface area contributed by atoms with Gasteiger partial charge in [0.2, 0.25) is 0 Å². The van der Waals surface area contributed by atoms with E-state index in [2.05, 4.69) is 59.0 Å². The molecular weight excluding hydrogens is 284 g/mol. The van der Waals surface area contributed by atoms with Crippen LogP contribution in [0.2, 0.25) is 0 Å². The topological polar surface area (TPSA) is 26.5 Å². The highest BCUT2D eigenvalue weighted by Crippen LogP contribution is 2.32. The SMILES string of the molecule is CCc1cnn2c(-c3ccccc3)cc3cc(OC)ccc3c12. The molecule has 23 heavy (non-hydrogen) atoms. The number of methoxy groups -OCH3 is 1. The number of benzene rings is 2. The van der Waals surface area contributed by atoms with Crippen LogP contribution in [0.5, 0.6) is 5.75 Å². The molecule has 0 aliphatic rings. The Morgan fingerprint density at radius 3 is 2.61 bits per heavy atom. The zero-order valence-corrected chi connectivity index (χ0v) is 13.3. The van der Waals surface area contributed by atoms with E-state index in [1.54, 1.807) is 7.11 Å². The second kappa shape index (κ2) is 5.43. The molecule has 0 N–H and O–H groups in total. The van der Waals surface area contributed by atoms with Crippen LogP contribution >= 0.6 is 0 Å². The minimum atomic E-state index is 0.874. The molecule has 2 aromatic heterocycles. The summed E-state index contributed by atoms with van der Waals surface area (Å²) in [5, 5.41) is 7.02. The van der Waals surface area contributed by atoms with Crippen LogP contribution in [-0.4, -0.2) is 16.7 Å². The third-order valence-corrected chi connectivity index (χ3v) is 4.33. The first-order chi connectivity index (χ1) is 11.3. The summed E-state index contributed by atoms with van der Waals surface area (Å²) in [7, 11) is 1.70. The third-order valence-electron chi connectivity index (χ3n) is 4.33. The Kier molecular flexibility index (Phi) is 3.27. The van der Waals surface area contributed by atoms with Gasteiger partial charge in [0, 0.05) is 10.9 Å². The van der Waals surface area contributed by atoms with Crippen molar-refractivity contribution in [1.29, 1.82) is 0 Å². The van der Waals surface area contributed by atoms with Crippen molar-refractivity contribution in [1.82, 2.24) is 9.61 Å². The Bertz CT molecular complexity index is 987. The van der Waals surface area contributed by atoms with Crippen molar-refractivity contribution >= 4 is 16.3 Å². The lowest BCUT2D eigenvalue weighted by molar-refractivity contribution is 0.415. The van der Waals surface area contributed by atoms with E-state index < -0.39 is 0 Å². The smallest absolute Gasteiger partial charge is 0.119 e. The number of aryl methyl sites for hydroxylation is 1. The summed E-state index contributed by atoms with van der Waals surface area (Å²) in [6, 6.07) is 18.8. The summed E-state index contributed by atoms with van der Waals surface area (Å²) in [6.45, 7) is 2.17. The van der Waals surface area contributed by atoms with Crippen molar-refractivity contribution in [3.63, 3.8) is 0 Å². The predicted octanol–water partition coefficient (Wildman–Crippen LogP) is 4.73. The molecule has 0 fully saturated rings. The van der Waals surface area contributed by atoms with E-state index in [9.17, 15) is 0 Å². The predicted molar refractivity (Wildman–Crippen MR) is 94.1 cm³/mol. The average molecular weight is 302 g/mol. The van der Waals surface area contributed by atoms with Gasteiger partial charge in [-0.1, -0.05) is 37.3 Å². The van der Waals surface area contributed by atoms with Crippen molar-refractivity contribution in [2.45, 2.75) is 13.3 Å². The van der Waals surface area contributed by atoms with Crippen molar-refractivity contribution in [2.24, 2.45) is 0 Å². The Labute approximate surface area is 135 Å². The molecule has 0 spiro atoms. The molecule has 2 heterocycles. The van der Waals surface area contributed by atoms with Gasteiger partial charge >= 0.3 is 0 Å². The van der Waals surface area contributed by atoms with E-state index in [0.29, 0.717) is 0 Å². The quantitative estimate of drug-likeness (QED) is 0.547. The summed E-state index contributed by atoms with van der Waals surface area (Å²) < 4.78 is 7.45. The van der Waals surface area contributed by atoms with Crippen molar-refractivity contribution in [3.05, 3.63) is 66.4 Å². The van der Waals surface area contributed by atoms with Crippen LogP contribution in [0.15, 0.2) is 60.8 Å². The largest absolute Gasteiger partial charge is 0.497 e. The molecule has 3 heteroatoms. The van der Waals surface area contributed by atoms with Gasteiger partial charge in [0.1, 0.15) is 5.75 Å². The molecule has 2 aromatic carbocycles. The number of aromatic nitrogens is 2. The minimum Gasteiger partial charge on any atom is -0.497 e. The fourth-order valence-corrected chi connectivity index (χ4v) is 3.14. The standard InChI is InChI=1S/C20H18N2O/c1-3-14-13-21-22-19(15-7-5-4-6-8-15)12-16-11-17(23-2)9-10-18(16)20(14)22/h4-13H,3H2,1-2H3. The van der Waals surface area contributed by atoms with Crippen molar-refractivity contribution in [3.8, 4) is 17.0 Å². The molecule has 3 nitrogen and oxygen atoms in total.